The van der Waals surface area contributed by atoms with E-state index in [2.05, 4.69) is 9.62 Å². The van der Waals surface area contributed by atoms with Crippen LogP contribution in [0.25, 0.3) is 0 Å². The van der Waals surface area contributed by atoms with Gasteiger partial charge < -0.3 is 4.90 Å². The number of carbonyl (C=O) groups is 1. The Balaban J connectivity index is 1.91. The van der Waals surface area contributed by atoms with Crippen LogP contribution in [0.1, 0.15) is 30.1 Å². The van der Waals surface area contributed by atoms with Crippen LogP contribution in [0.4, 0.5) is 11.4 Å². The maximum Gasteiger partial charge on any atom is 0.261 e. The van der Waals surface area contributed by atoms with Crippen LogP contribution in [0.3, 0.4) is 0 Å². The van der Waals surface area contributed by atoms with E-state index in [1.54, 1.807) is 24.3 Å². The molecule has 0 saturated carbocycles. The third-order valence-electron chi connectivity index (χ3n) is 4.22. The van der Waals surface area contributed by atoms with Crippen molar-refractivity contribution in [2.45, 2.75) is 24.7 Å². The number of Topliss-reactive ketones (excluding diaryl/α,β-unsaturated/α-hetero) is 1. The molecule has 1 N–H and O–H groups in total. The van der Waals surface area contributed by atoms with E-state index in [4.69, 9.17) is 11.6 Å². The van der Waals surface area contributed by atoms with Crippen molar-refractivity contribution in [2.24, 2.45) is 0 Å². The minimum atomic E-state index is -3.84. The lowest BCUT2D eigenvalue weighted by atomic mass is 10.2. The second-order valence-corrected chi connectivity index (χ2v) is 8.14. The largest absolute Gasteiger partial charge is 0.371 e. The Labute approximate surface area is 152 Å². The second kappa shape index (κ2) is 7.06. The summed E-state index contributed by atoms with van der Waals surface area (Å²) in [6.45, 7) is 3.30. The van der Waals surface area contributed by atoms with Crippen molar-refractivity contribution >= 4 is 38.8 Å². The van der Waals surface area contributed by atoms with Gasteiger partial charge in [0.1, 0.15) is 0 Å². The summed E-state index contributed by atoms with van der Waals surface area (Å²) in [5, 5.41) is 0.328. The van der Waals surface area contributed by atoms with Gasteiger partial charge in [-0.2, -0.15) is 0 Å². The Morgan fingerprint density at radius 2 is 1.84 bits per heavy atom. The summed E-state index contributed by atoms with van der Waals surface area (Å²) in [6, 6.07) is 11.3. The van der Waals surface area contributed by atoms with Crippen LogP contribution in [0.15, 0.2) is 47.4 Å². The smallest absolute Gasteiger partial charge is 0.261 e. The highest BCUT2D eigenvalue weighted by atomic mass is 35.5. The van der Waals surface area contributed by atoms with E-state index < -0.39 is 10.0 Å². The zero-order valence-corrected chi connectivity index (χ0v) is 15.4. The molecule has 1 fully saturated rings. The minimum Gasteiger partial charge on any atom is -0.371 e. The molecule has 5 nitrogen and oxygen atoms in total. The summed E-state index contributed by atoms with van der Waals surface area (Å²) in [6.07, 6.45) is 2.25. The van der Waals surface area contributed by atoms with Crippen molar-refractivity contribution in [3.05, 3.63) is 53.1 Å². The Kier molecular flexibility index (Phi) is 5.01. The molecule has 0 aliphatic carbocycles. The first-order chi connectivity index (χ1) is 11.9. The molecule has 0 unspecified atom stereocenters. The standard InChI is InChI=1S/C18H19ClN2O3S/c1-13(22)14-5-4-6-16(11-14)25(23,24)20-18-12-15(7-8-17(18)19)21-9-2-3-10-21/h4-8,11-12,20H,2-3,9-10H2,1H3. The van der Waals surface area contributed by atoms with Crippen LogP contribution in [0.2, 0.25) is 5.02 Å². The van der Waals surface area contributed by atoms with Gasteiger partial charge in [0, 0.05) is 24.3 Å². The van der Waals surface area contributed by atoms with E-state index in [1.165, 1.54) is 19.1 Å². The van der Waals surface area contributed by atoms with E-state index in [1.807, 2.05) is 6.07 Å². The summed E-state index contributed by atoms with van der Waals surface area (Å²) in [5.41, 5.74) is 1.62. The fourth-order valence-corrected chi connectivity index (χ4v) is 4.19. The molecule has 3 rings (SSSR count). The number of hydrogen-bond donors (Lipinski definition) is 1. The van der Waals surface area contributed by atoms with Crippen LogP contribution in [-0.2, 0) is 10.0 Å². The molecule has 132 valence electrons. The van der Waals surface area contributed by atoms with E-state index in [0.717, 1.165) is 31.6 Å². The summed E-state index contributed by atoms with van der Waals surface area (Å²) < 4.78 is 27.9. The van der Waals surface area contributed by atoms with E-state index in [0.29, 0.717) is 16.3 Å². The molecule has 0 aromatic heterocycles. The molecule has 0 amide bonds. The third-order valence-corrected chi connectivity index (χ3v) is 5.91. The van der Waals surface area contributed by atoms with Gasteiger partial charge in [0.2, 0.25) is 0 Å². The van der Waals surface area contributed by atoms with Gasteiger partial charge in [0.05, 0.1) is 15.6 Å². The molecule has 1 aliphatic rings. The van der Waals surface area contributed by atoms with Crippen LogP contribution in [0.5, 0.6) is 0 Å². The number of nitrogens with one attached hydrogen (secondary N) is 1. The molecule has 0 spiro atoms. The molecular formula is C18H19ClN2O3S. The fraction of sp³-hybridized carbons (Fsp3) is 0.278. The Hall–Kier alpha value is -2.05. The molecule has 1 aliphatic heterocycles. The fourth-order valence-electron chi connectivity index (χ4n) is 2.85. The average Bonchev–Trinajstić information content (AvgIpc) is 3.11. The Bertz CT molecular complexity index is 906. The number of anilines is 2. The van der Waals surface area contributed by atoms with Crippen molar-refractivity contribution in [3.63, 3.8) is 0 Å². The van der Waals surface area contributed by atoms with Crippen molar-refractivity contribution in [1.82, 2.24) is 0 Å². The summed E-state index contributed by atoms with van der Waals surface area (Å²) in [4.78, 5) is 13.7. The first-order valence-electron chi connectivity index (χ1n) is 8.05. The molecule has 1 saturated heterocycles. The second-order valence-electron chi connectivity index (χ2n) is 6.05. The topological polar surface area (TPSA) is 66.5 Å². The highest BCUT2D eigenvalue weighted by molar-refractivity contribution is 7.92. The molecule has 1 heterocycles. The minimum absolute atomic E-state index is 0.0304. The predicted molar refractivity (Wildman–Crippen MR) is 100 cm³/mol. The average molecular weight is 379 g/mol. The van der Waals surface area contributed by atoms with Crippen molar-refractivity contribution < 1.29 is 13.2 Å². The highest BCUT2D eigenvalue weighted by Gasteiger charge is 2.19. The van der Waals surface area contributed by atoms with E-state index in [-0.39, 0.29) is 10.7 Å². The van der Waals surface area contributed by atoms with Crippen LogP contribution < -0.4 is 9.62 Å². The van der Waals surface area contributed by atoms with Gasteiger partial charge in [0.15, 0.2) is 5.78 Å². The normalized spacial score (nSPS) is 14.6. The summed E-state index contributed by atoms with van der Waals surface area (Å²) in [7, 11) is -3.84. The number of hydrogen-bond acceptors (Lipinski definition) is 4. The monoisotopic (exact) mass is 378 g/mol. The zero-order valence-electron chi connectivity index (χ0n) is 13.8. The Morgan fingerprint density at radius 1 is 1.12 bits per heavy atom. The van der Waals surface area contributed by atoms with Crippen LogP contribution in [-0.4, -0.2) is 27.3 Å². The number of sulfonamides is 1. The van der Waals surface area contributed by atoms with Crippen molar-refractivity contribution in [1.29, 1.82) is 0 Å². The Morgan fingerprint density at radius 3 is 2.52 bits per heavy atom. The number of nitrogens with zero attached hydrogens (tertiary/aromatic N) is 1. The highest BCUT2D eigenvalue weighted by Crippen LogP contribution is 2.31. The first kappa shape index (κ1) is 17.8. The molecule has 25 heavy (non-hydrogen) atoms. The first-order valence-corrected chi connectivity index (χ1v) is 9.91. The van der Waals surface area contributed by atoms with Gasteiger partial charge in [0.25, 0.3) is 10.0 Å². The van der Waals surface area contributed by atoms with Gasteiger partial charge in [-0.25, -0.2) is 8.42 Å². The molecule has 0 atom stereocenters. The third kappa shape index (κ3) is 3.96. The molecular weight excluding hydrogens is 360 g/mol. The zero-order chi connectivity index (χ0) is 18.0. The molecule has 0 bridgehead atoms. The molecule has 7 heteroatoms. The summed E-state index contributed by atoms with van der Waals surface area (Å²) in [5.74, 6) is -0.189. The van der Waals surface area contributed by atoms with Gasteiger partial charge in [-0.3, -0.25) is 9.52 Å². The quantitative estimate of drug-likeness (QED) is 0.800. The lowest BCUT2D eigenvalue weighted by molar-refractivity contribution is 0.101. The predicted octanol–water partition coefficient (Wildman–Crippen LogP) is 3.94. The van der Waals surface area contributed by atoms with Crippen LogP contribution in [0, 0.1) is 0 Å². The van der Waals surface area contributed by atoms with Gasteiger partial charge in [-0.1, -0.05) is 23.7 Å². The van der Waals surface area contributed by atoms with Gasteiger partial charge in [-0.05, 0) is 50.1 Å². The SMILES string of the molecule is CC(=O)c1cccc(S(=O)(=O)Nc2cc(N3CCCC3)ccc2Cl)c1. The molecule has 2 aromatic carbocycles. The lowest BCUT2D eigenvalue weighted by Crippen LogP contribution is -2.18. The number of carbonyl (C=O) groups excluding carboxylic acids is 1. The number of ketones is 1. The van der Waals surface area contributed by atoms with Gasteiger partial charge in [-0.15, -0.1) is 0 Å². The molecule has 2 aromatic rings. The van der Waals surface area contributed by atoms with Crippen LogP contribution >= 0.6 is 11.6 Å². The van der Waals surface area contributed by atoms with E-state index >= 15 is 0 Å². The number of halogens is 1. The molecule has 0 radical (unpaired) electrons. The van der Waals surface area contributed by atoms with E-state index in [9.17, 15) is 13.2 Å². The summed E-state index contributed by atoms with van der Waals surface area (Å²) >= 11 is 6.18. The van der Waals surface area contributed by atoms with Gasteiger partial charge >= 0.3 is 0 Å². The number of benzene rings is 2. The maximum atomic E-state index is 12.7. The number of rotatable bonds is 5. The maximum absolute atomic E-state index is 12.7. The van der Waals surface area contributed by atoms with Crippen molar-refractivity contribution in [3.8, 4) is 0 Å². The lowest BCUT2D eigenvalue weighted by Gasteiger charge is -2.19. The van der Waals surface area contributed by atoms with Crippen molar-refractivity contribution in [2.75, 3.05) is 22.7 Å².